The highest BCUT2D eigenvalue weighted by Gasteiger charge is 2.08. The van der Waals surface area contributed by atoms with Crippen LogP contribution in [0.15, 0.2) is 18.2 Å². The number of hydrogen-bond acceptors (Lipinski definition) is 2. The van der Waals surface area contributed by atoms with Crippen molar-refractivity contribution in [3.8, 4) is 0 Å². The van der Waals surface area contributed by atoms with Crippen LogP contribution in [0.3, 0.4) is 0 Å². The van der Waals surface area contributed by atoms with E-state index in [4.69, 9.17) is 22.4 Å². The monoisotopic (exact) mass is 199 g/mol. The molecule has 3 N–H and O–H groups in total. The van der Waals surface area contributed by atoms with E-state index >= 15 is 0 Å². The van der Waals surface area contributed by atoms with Crippen molar-refractivity contribution < 1.29 is 5.11 Å². The lowest BCUT2D eigenvalue weighted by Gasteiger charge is -2.13. The van der Waals surface area contributed by atoms with E-state index in [-0.39, 0.29) is 12.6 Å². The third-order valence-corrected chi connectivity index (χ3v) is 2.32. The van der Waals surface area contributed by atoms with Crippen LogP contribution in [0.5, 0.6) is 0 Å². The van der Waals surface area contributed by atoms with E-state index in [0.29, 0.717) is 5.02 Å². The normalized spacial score (nSPS) is 12.9. The highest BCUT2D eigenvalue weighted by Crippen LogP contribution is 2.20. The Labute approximate surface area is 83.3 Å². The molecule has 1 unspecified atom stereocenters. The quantitative estimate of drug-likeness (QED) is 0.781. The average Bonchev–Trinajstić information content (AvgIpc) is 2.16. The van der Waals surface area contributed by atoms with Crippen molar-refractivity contribution in [3.05, 3.63) is 34.3 Å². The Bertz CT molecular complexity index is 288. The fourth-order valence-corrected chi connectivity index (χ4v) is 1.54. The van der Waals surface area contributed by atoms with Crippen LogP contribution >= 0.6 is 11.6 Å². The summed E-state index contributed by atoms with van der Waals surface area (Å²) < 4.78 is 0. The lowest BCUT2D eigenvalue weighted by atomic mass is 10.00. The van der Waals surface area contributed by atoms with Crippen molar-refractivity contribution in [3.63, 3.8) is 0 Å². The van der Waals surface area contributed by atoms with E-state index in [1.54, 1.807) is 6.07 Å². The van der Waals surface area contributed by atoms with Crippen LogP contribution in [-0.2, 0) is 6.42 Å². The van der Waals surface area contributed by atoms with Gasteiger partial charge in [0.1, 0.15) is 0 Å². The van der Waals surface area contributed by atoms with Gasteiger partial charge in [-0.1, -0.05) is 24.6 Å². The molecule has 1 atom stereocenters. The summed E-state index contributed by atoms with van der Waals surface area (Å²) in [4.78, 5) is 0. The minimum absolute atomic E-state index is 0.0331. The molecule has 72 valence electrons. The zero-order valence-corrected chi connectivity index (χ0v) is 8.38. The summed E-state index contributed by atoms with van der Waals surface area (Å²) in [6.45, 7) is 2.01. The summed E-state index contributed by atoms with van der Waals surface area (Å²) in [5.74, 6) is 0. The summed E-state index contributed by atoms with van der Waals surface area (Å²) in [5, 5.41) is 9.63. The van der Waals surface area contributed by atoms with Crippen LogP contribution in [-0.4, -0.2) is 11.7 Å². The minimum atomic E-state index is -0.299. The molecule has 2 nitrogen and oxygen atoms in total. The van der Waals surface area contributed by atoms with E-state index in [1.807, 2.05) is 19.1 Å². The first-order valence-corrected chi connectivity index (χ1v) is 4.71. The number of benzene rings is 1. The van der Waals surface area contributed by atoms with Gasteiger partial charge < -0.3 is 10.8 Å². The zero-order chi connectivity index (χ0) is 9.84. The second kappa shape index (κ2) is 4.61. The highest BCUT2D eigenvalue weighted by atomic mass is 35.5. The Kier molecular flexibility index (Phi) is 3.72. The van der Waals surface area contributed by atoms with Gasteiger partial charge in [0.2, 0.25) is 0 Å². The van der Waals surface area contributed by atoms with Gasteiger partial charge in [0.25, 0.3) is 0 Å². The molecule has 0 aliphatic rings. The summed E-state index contributed by atoms with van der Waals surface area (Å²) in [5.41, 5.74) is 7.81. The summed E-state index contributed by atoms with van der Waals surface area (Å²) in [6, 6.07) is 5.27. The first kappa shape index (κ1) is 10.5. The molecule has 0 radical (unpaired) electrons. The number of nitrogens with two attached hydrogens (primary N) is 1. The number of hydrogen-bond donors (Lipinski definition) is 2. The van der Waals surface area contributed by atoms with Gasteiger partial charge in [-0.3, -0.25) is 0 Å². The molecular formula is C10H14ClNO. The smallest absolute Gasteiger partial charge is 0.0624 e. The first-order valence-electron chi connectivity index (χ1n) is 4.33. The van der Waals surface area contributed by atoms with Gasteiger partial charge in [-0.05, 0) is 29.7 Å². The Balaban J connectivity index is 3.05. The van der Waals surface area contributed by atoms with Crippen molar-refractivity contribution in [2.75, 3.05) is 6.61 Å². The van der Waals surface area contributed by atoms with E-state index in [2.05, 4.69) is 0 Å². The predicted octanol–water partition coefficient (Wildman–Crippen LogP) is 1.89. The van der Waals surface area contributed by atoms with E-state index < -0.39 is 0 Å². The molecule has 1 aromatic carbocycles. The lowest BCUT2D eigenvalue weighted by molar-refractivity contribution is 0.267. The zero-order valence-electron chi connectivity index (χ0n) is 7.63. The summed E-state index contributed by atoms with van der Waals surface area (Å²) in [7, 11) is 0. The molecule has 0 aliphatic heterocycles. The minimum Gasteiger partial charge on any atom is -0.394 e. The van der Waals surface area contributed by atoms with Gasteiger partial charge in [-0.15, -0.1) is 0 Å². The molecule has 13 heavy (non-hydrogen) atoms. The standard InChI is InChI=1S/C10H14ClNO/c1-2-7-5-8(11)3-4-9(7)10(12)6-13/h3-5,10,13H,2,6,12H2,1H3. The molecule has 0 spiro atoms. The van der Waals surface area contributed by atoms with Gasteiger partial charge >= 0.3 is 0 Å². The Morgan fingerprint density at radius 2 is 2.23 bits per heavy atom. The summed E-state index contributed by atoms with van der Waals surface area (Å²) >= 11 is 5.84. The van der Waals surface area contributed by atoms with Crippen LogP contribution in [0.1, 0.15) is 24.1 Å². The first-order chi connectivity index (χ1) is 6.19. The number of aryl methyl sites for hydroxylation is 1. The van der Waals surface area contributed by atoms with Crippen molar-refractivity contribution in [1.29, 1.82) is 0 Å². The molecule has 0 fully saturated rings. The Morgan fingerprint density at radius 3 is 2.77 bits per heavy atom. The van der Waals surface area contributed by atoms with Gasteiger partial charge in [0.05, 0.1) is 12.6 Å². The Hall–Kier alpha value is -0.570. The lowest BCUT2D eigenvalue weighted by Crippen LogP contribution is -2.16. The maximum atomic E-state index is 8.92. The van der Waals surface area contributed by atoms with Crippen LogP contribution in [0.4, 0.5) is 0 Å². The predicted molar refractivity (Wildman–Crippen MR) is 54.8 cm³/mol. The van der Waals surface area contributed by atoms with Gasteiger partial charge in [-0.25, -0.2) is 0 Å². The second-order valence-electron chi connectivity index (χ2n) is 2.99. The molecule has 0 saturated heterocycles. The number of aliphatic hydroxyl groups is 1. The van der Waals surface area contributed by atoms with E-state index in [9.17, 15) is 0 Å². The molecule has 3 heteroatoms. The molecule has 0 heterocycles. The van der Waals surface area contributed by atoms with Gasteiger partial charge in [0, 0.05) is 5.02 Å². The van der Waals surface area contributed by atoms with E-state index in [0.717, 1.165) is 17.5 Å². The van der Waals surface area contributed by atoms with Crippen LogP contribution in [0.25, 0.3) is 0 Å². The summed E-state index contributed by atoms with van der Waals surface area (Å²) in [6.07, 6.45) is 0.879. The number of aliphatic hydroxyl groups excluding tert-OH is 1. The van der Waals surface area contributed by atoms with Gasteiger partial charge in [0.15, 0.2) is 0 Å². The van der Waals surface area contributed by atoms with Crippen molar-refractivity contribution in [1.82, 2.24) is 0 Å². The molecule has 1 rings (SSSR count). The SMILES string of the molecule is CCc1cc(Cl)ccc1C(N)CO. The fourth-order valence-electron chi connectivity index (χ4n) is 1.34. The fraction of sp³-hybridized carbons (Fsp3) is 0.400. The van der Waals surface area contributed by atoms with Crippen LogP contribution in [0, 0.1) is 0 Å². The second-order valence-corrected chi connectivity index (χ2v) is 3.42. The number of rotatable bonds is 3. The van der Waals surface area contributed by atoms with E-state index in [1.165, 1.54) is 0 Å². The average molecular weight is 200 g/mol. The van der Waals surface area contributed by atoms with Crippen molar-refractivity contribution in [2.45, 2.75) is 19.4 Å². The third kappa shape index (κ3) is 2.44. The van der Waals surface area contributed by atoms with Crippen molar-refractivity contribution >= 4 is 11.6 Å². The van der Waals surface area contributed by atoms with Crippen LogP contribution in [0.2, 0.25) is 5.02 Å². The highest BCUT2D eigenvalue weighted by molar-refractivity contribution is 6.30. The molecule has 0 aromatic heterocycles. The third-order valence-electron chi connectivity index (χ3n) is 2.08. The molecule has 0 aliphatic carbocycles. The van der Waals surface area contributed by atoms with Gasteiger partial charge in [-0.2, -0.15) is 0 Å². The number of halogens is 1. The molecule has 0 bridgehead atoms. The molecule has 1 aromatic rings. The Morgan fingerprint density at radius 1 is 1.54 bits per heavy atom. The topological polar surface area (TPSA) is 46.2 Å². The molecule has 0 saturated carbocycles. The molecular weight excluding hydrogens is 186 g/mol. The largest absolute Gasteiger partial charge is 0.394 e. The molecule has 0 amide bonds. The van der Waals surface area contributed by atoms with Crippen LogP contribution < -0.4 is 5.73 Å². The maximum Gasteiger partial charge on any atom is 0.0624 e. The maximum absolute atomic E-state index is 8.92. The van der Waals surface area contributed by atoms with Crippen molar-refractivity contribution in [2.24, 2.45) is 5.73 Å².